The van der Waals surface area contributed by atoms with Crippen LogP contribution in [0.4, 0.5) is 5.69 Å². The van der Waals surface area contributed by atoms with Crippen LogP contribution >= 0.6 is 0 Å². The summed E-state index contributed by atoms with van der Waals surface area (Å²) in [6.07, 6.45) is 1.90. The molecule has 0 aliphatic carbocycles. The maximum atomic E-state index is 12.1. The largest absolute Gasteiger partial charge is 0.462 e. The van der Waals surface area contributed by atoms with E-state index in [1.807, 2.05) is 51.2 Å². The van der Waals surface area contributed by atoms with Crippen LogP contribution in [0.15, 0.2) is 29.8 Å². The summed E-state index contributed by atoms with van der Waals surface area (Å²) in [5.41, 5.74) is 2.68. The van der Waals surface area contributed by atoms with Crippen molar-refractivity contribution in [2.45, 2.75) is 19.9 Å². The highest BCUT2D eigenvalue weighted by Crippen LogP contribution is 2.37. The quantitative estimate of drug-likeness (QED) is 0.440. The van der Waals surface area contributed by atoms with Crippen molar-refractivity contribution in [3.63, 3.8) is 0 Å². The van der Waals surface area contributed by atoms with Crippen molar-refractivity contribution in [1.82, 2.24) is 4.65 Å². The second kappa shape index (κ2) is 8.04. The third kappa shape index (κ3) is 4.99. The van der Waals surface area contributed by atoms with Crippen molar-refractivity contribution < 1.29 is 43.2 Å². The Kier molecular flexibility index (Phi) is 6.87. The highest BCUT2D eigenvalue weighted by atomic mass is 35.7. The molecule has 0 aromatic heterocycles. The van der Waals surface area contributed by atoms with E-state index >= 15 is 0 Å². The molecule has 9 heteroatoms. The average Bonchev–Trinajstić information content (AvgIpc) is 2.49. The van der Waals surface area contributed by atoms with E-state index in [0.29, 0.717) is 12.2 Å². The number of likely N-dealkylation sites (N-methyl/N-ethyl adjacent to an activating group) is 1. The topological polar surface area (TPSA) is 128 Å². The van der Waals surface area contributed by atoms with Crippen LogP contribution in [-0.4, -0.2) is 32.8 Å². The van der Waals surface area contributed by atoms with E-state index in [0.717, 1.165) is 11.3 Å². The molecule has 0 spiro atoms. The van der Waals surface area contributed by atoms with Gasteiger partial charge in [0.15, 0.2) is 11.7 Å². The number of nitrogens with zero attached hydrogens (tertiary/aromatic N) is 1. The van der Waals surface area contributed by atoms with Crippen LogP contribution in [-0.2, 0) is 14.4 Å². The number of esters is 1. The number of hydroxylamine groups is 2. The minimum Gasteiger partial charge on any atom is -0.462 e. The number of carbonyl (C=O) groups is 1. The zero-order chi connectivity index (χ0) is 18.5. The van der Waals surface area contributed by atoms with Crippen LogP contribution in [0.2, 0.25) is 0 Å². The summed E-state index contributed by atoms with van der Waals surface area (Å²) in [5, 5.41) is 0. The molecule has 0 fully saturated rings. The lowest BCUT2D eigenvalue weighted by atomic mass is 9.96. The van der Waals surface area contributed by atoms with E-state index in [1.54, 1.807) is 7.11 Å². The van der Waals surface area contributed by atoms with Gasteiger partial charge in [0.2, 0.25) is 0 Å². The van der Waals surface area contributed by atoms with Crippen LogP contribution in [0, 0.1) is 10.2 Å². The predicted octanol–water partition coefficient (Wildman–Crippen LogP) is -2.22. The average molecular weight is 362 g/mol. The van der Waals surface area contributed by atoms with Crippen molar-refractivity contribution >= 4 is 17.7 Å². The van der Waals surface area contributed by atoms with E-state index in [-0.39, 0.29) is 16.7 Å². The molecule has 1 aliphatic rings. The fourth-order valence-electron chi connectivity index (χ4n) is 2.48. The highest BCUT2D eigenvalue weighted by Gasteiger charge is 2.43. The number of para-hydroxylation sites is 1. The Hall–Kier alpha value is -1.52. The van der Waals surface area contributed by atoms with Gasteiger partial charge in [-0.25, -0.2) is 28.3 Å². The zero-order valence-corrected chi connectivity index (χ0v) is 14.6. The summed E-state index contributed by atoms with van der Waals surface area (Å²) >= 11 is 0. The summed E-state index contributed by atoms with van der Waals surface area (Å²) in [4.78, 5) is 17.7. The summed E-state index contributed by atoms with van der Waals surface area (Å²) in [5.74, 6) is -0.272. The number of halogens is 1. The van der Waals surface area contributed by atoms with E-state index in [4.69, 9.17) is 28.2 Å². The Labute approximate surface area is 142 Å². The number of hydrogen-bond acceptors (Lipinski definition) is 7. The summed E-state index contributed by atoms with van der Waals surface area (Å²) in [7, 11) is -1.34. The molecule has 1 aliphatic heterocycles. The third-order valence-electron chi connectivity index (χ3n) is 3.81. The number of carbonyl (C=O) groups excluding carboxylic acids is 1. The molecule has 0 bridgehead atoms. The van der Waals surface area contributed by atoms with E-state index in [9.17, 15) is 4.79 Å². The lowest BCUT2D eigenvalue weighted by Crippen LogP contribution is -2.68. The first-order valence-electron chi connectivity index (χ1n) is 7.06. The maximum Gasteiger partial charge on any atom is 0.340 e. The van der Waals surface area contributed by atoms with Crippen molar-refractivity contribution in [3.8, 4) is 0 Å². The third-order valence-corrected chi connectivity index (χ3v) is 3.81. The minimum absolute atomic E-state index is 0.112. The molecule has 134 valence electrons. The van der Waals surface area contributed by atoms with Gasteiger partial charge in [-0.3, -0.25) is 0 Å². The smallest absolute Gasteiger partial charge is 0.340 e. The molecular formula is C15H20ClNO7. The van der Waals surface area contributed by atoms with E-state index in [2.05, 4.69) is 0 Å². The molecule has 2 atom stereocenters. The molecule has 24 heavy (non-hydrogen) atoms. The fraction of sp³-hybridized carbons (Fsp3) is 0.400. The second-order valence-corrected chi connectivity index (χ2v) is 5.86. The minimum atomic E-state index is -4.94. The zero-order valence-electron chi connectivity index (χ0n) is 13.9. The molecule has 1 aromatic rings. The number of ether oxygens (including phenoxy) is 1. The van der Waals surface area contributed by atoms with Gasteiger partial charge in [0.1, 0.15) is 7.05 Å². The molecule has 8 nitrogen and oxygen atoms in total. The summed E-state index contributed by atoms with van der Waals surface area (Å²) < 4.78 is 39.3. The van der Waals surface area contributed by atoms with Gasteiger partial charge in [0, 0.05) is 11.6 Å². The Morgan fingerprint density at radius 1 is 1.25 bits per heavy atom. The number of fused-ring (bicyclic) bond motifs is 1. The molecule has 1 aromatic carbocycles. The normalized spacial score (nSPS) is 22.7. The molecule has 0 amide bonds. The summed E-state index contributed by atoms with van der Waals surface area (Å²) in [6.45, 7) is 4.16. The molecule has 0 radical (unpaired) electrons. The SMILES string of the molecule is CCOC(=O)C1=Cc2ccccc2[N+](C)(OC)C1C.[O-][Cl+3]([O-])([O-])[O-]. The van der Waals surface area contributed by atoms with Crippen LogP contribution in [0.1, 0.15) is 19.4 Å². The first-order chi connectivity index (χ1) is 11.0. The Bertz CT molecular complexity index is 608. The Morgan fingerprint density at radius 2 is 1.79 bits per heavy atom. The van der Waals surface area contributed by atoms with Crippen LogP contribution < -0.4 is 23.3 Å². The molecule has 2 unspecified atom stereocenters. The van der Waals surface area contributed by atoms with Crippen LogP contribution in [0.25, 0.3) is 6.08 Å². The second-order valence-electron chi connectivity index (χ2n) is 5.11. The molecule has 0 saturated carbocycles. The van der Waals surface area contributed by atoms with Crippen molar-refractivity contribution in [3.05, 3.63) is 35.4 Å². The van der Waals surface area contributed by atoms with Gasteiger partial charge >= 0.3 is 5.97 Å². The Morgan fingerprint density at radius 3 is 2.29 bits per heavy atom. The first-order valence-corrected chi connectivity index (χ1v) is 8.30. The molecule has 1 heterocycles. The van der Waals surface area contributed by atoms with Crippen LogP contribution in [0.5, 0.6) is 0 Å². The van der Waals surface area contributed by atoms with Gasteiger partial charge in [-0.2, -0.15) is 0 Å². The molecular weight excluding hydrogens is 342 g/mol. The van der Waals surface area contributed by atoms with Crippen molar-refractivity contribution in [2.24, 2.45) is 0 Å². The molecule has 0 N–H and O–H groups in total. The van der Waals surface area contributed by atoms with Crippen molar-refractivity contribution in [1.29, 1.82) is 0 Å². The van der Waals surface area contributed by atoms with Gasteiger partial charge in [-0.15, -0.1) is 14.9 Å². The Balaban J connectivity index is 0.000000505. The summed E-state index contributed by atoms with van der Waals surface area (Å²) in [6, 6.07) is 7.82. The highest BCUT2D eigenvalue weighted by molar-refractivity contribution is 5.97. The lowest BCUT2D eigenvalue weighted by Gasteiger charge is -2.39. The first kappa shape index (κ1) is 20.5. The van der Waals surface area contributed by atoms with E-state index in [1.165, 1.54) is 0 Å². The van der Waals surface area contributed by atoms with Gasteiger partial charge in [0.05, 0.1) is 19.3 Å². The molecule has 0 saturated heterocycles. The van der Waals surface area contributed by atoms with E-state index < -0.39 is 10.2 Å². The van der Waals surface area contributed by atoms with Crippen molar-refractivity contribution in [2.75, 3.05) is 20.8 Å². The molecule has 2 rings (SSSR count). The maximum absolute atomic E-state index is 12.1. The number of quaternary nitrogens is 1. The van der Waals surface area contributed by atoms with Gasteiger partial charge in [-0.1, -0.05) is 12.1 Å². The fourth-order valence-corrected chi connectivity index (χ4v) is 2.48. The van der Waals surface area contributed by atoms with Crippen LogP contribution in [0.3, 0.4) is 0 Å². The van der Waals surface area contributed by atoms with Gasteiger partial charge in [-0.05, 0) is 26.0 Å². The number of hydrogen-bond donors (Lipinski definition) is 0. The van der Waals surface area contributed by atoms with Gasteiger partial charge in [0.25, 0.3) is 0 Å². The number of benzene rings is 1. The lowest BCUT2D eigenvalue weighted by molar-refractivity contribution is -2.00. The monoisotopic (exact) mass is 361 g/mol. The predicted molar refractivity (Wildman–Crippen MR) is 75.2 cm³/mol. The number of rotatable bonds is 3. The van der Waals surface area contributed by atoms with Gasteiger partial charge < -0.3 is 4.74 Å². The standard InChI is InChI=1S/C15H20NO3.ClHO4/c1-5-19-15(17)13-10-12-8-6-7-9-14(12)16(3,18-4)11(13)2;2-1(3,4)5/h6-11H,5H2,1-4H3;(H,2,3,4,5)/q+1;/p-1.